The lowest BCUT2D eigenvalue weighted by Crippen LogP contribution is -1.96. The maximum Gasteiger partial charge on any atom is 0.164 e. The molecule has 0 fully saturated rings. The average molecular weight is 309 g/mol. The summed E-state index contributed by atoms with van der Waals surface area (Å²) in [5, 5.41) is 2.14. The lowest BCUT2D eigenvalue weighted by atomic mass is 9.98. The molecular weight excluding hydrogens is 290 g/mol. The van der Waals surface area contributed by atoms with Crippen LogP contribution in [0.15, 0.2) is 42.6 Å². The van der Waals surface area contributed by atoms with Crippen molar-refractivity contribution in [3.05, 3.63) is 48.2 Å². The van der Waals surface area contributed by atoms with Crippen LogP contribution >= 0.6 is 0 Å². The van der Waals surface area contributed by atoms with E-state index in [9.17, 15) is 0 Å². The molecule has 0 amide bonds. The Kier molecular flexibility index (Phi) is 4.06. The molecule has 0 aliphatic heterocycles. The molecule has 4 heteroatoms. The van der Waals surface area contributed by atoms with Crippen molar-refractivity contribution < 1.29 is 14.2 Å². The Morgan fingerprint density at radius 1 is 0.870 bits per heavy atom. The SMILES string of the molecule is COc1ccc(-c2nccc3cc(OC)c(OC)c(C)c23)cc1. The standard InChI is InChI=1S/C19H19NO3/c1-12-17-14(11-16(22-3)19(12)23-4)9-10-20-18(17)13-5-7-15(21-2)8-6-13/h5-11H,1-4H3. The molecule has 0 N–H and O–H groups in total. The van der Waals surface area contributed by atoms with E-state index >= 15 is 0 Å². The fourth-order valence-corrected chi connectivity index (χ4v) is 2.87. The lowest BCUT2D eigenvalue weighted by molar-refractivity contribution is 0.354. The van der Waals surface area contributed by atoms with E-state index in [0.29, 0.717) is 0 Å². The highest BCUT2D eigenvalue weighted by Crippen LogP contribution is 2.40. The van der Waals surface area contributed by atoms with Crippen molar-refractivity contribution in [3.8, 4) is 28.5 Å². The average Bonchev–Trinajstić information content (AvgIpc) is 2.61. The fraction of sp³-hybridized carbons (Fsp3) is 0.211. The Morgan fingerprint density at radius 3 is 2.22 bits per heavy atom. The highest BCUT2D eigenvalue weighted by Gasteiger charge is 2.16. The predicted octanol–water partition coefficient (Wildman–Crippen LogP) is 4.24. The second kappa shape index (κ2) is 6.16. The van der Waals surface area contributed by atoms with Crippen LogP contribution in [0, 0.1) is 6.92 Å². The Bertz CT molecular complexity index is 841. The molecule has 118 valence electrons. The van der Waals surface area contributed by atoms with Gasteiger partial charge in [0.1, 0.15) is 5.75 Å². The summed E-state index contributed by atoms with van der Waals surface area (Å²) in [4.78, 5) is 4.59. The van der Waals surface area contributed by atoms with Crippen molar-refractivity contribution >= 4 is 10.8 Å². The quantitative estimate of drug-likeness (QED) is 0.723. The fourth-order valence-electron chi connectivity index (χ4n) is 2.87. The summed E-state index contributed by atoms with van der Waals surface area (Å²) in [6.07, 6.45) is 1.81. The number of methoxy groups -OCH3 is 3. The van der Waals surface area contributed by atoms with Gasteiger partial charge in [-0.15, -0.1) is 0 Å². The van der Waals surface area contributed by atoms with Gasteiger partial charge < -0.3 is 14.2 Å². The van der Waals surface area contributed by atoms with Gasteiger partial charge in [-0.2, -0.15) is 0 Å². The highest BCUT2D eigenvalue weighted by molar-refractivity contribution is 5.99. The number of pyridine rings is 1. The van der Waals surface area contributed by atoms with Crippen molar-refractivity contribution in [1.82, 2.24) is 4.98 Å². The predicted molar refractivity (Wildman–Crippen MR) is 91.6 cm³/mol. The first-order valence-corrected chi connectivity index (χ1v) is 7.34. The summed E-state index contributed by atoms with van der Waals surface area (Å²) in [6.45, 7) is 2.03. The molecule has 0 spiro atoms. The third-order valence-electron chi connectivity index (χ3n) is 4.00. The first-order valence-electron chi connectivity index (χ1n) is 7.34. The van der Waals surface area contributed by atoms with Crippen LogP contribution in [0.3, 0.4) is 0 Å². The summed E-state index contributed by atoms with van der Waals surface area (Å²) in [7, 11) is 4.96. The van der Waals surface area contributed by atoms with E-state index in [1.807, 2.05) is 49.5 Å². The summed E-state index contributed by atoms with van der Waals surface area (Å²) in [5.74, 6) is 2.29. The van der Waals surface area contributed by atoms with E-state index in [4.69, 9.17) is 14.2 Å². The van der Waals surface area contributed by atoms with Gasteiger partial charge in [-0.3, -0.25) is 4.98 Å². The molecular formula is C19H19NO3. The molecule has 2 aromatic carbocycles. The number of rotatable bonds is 4. The van der Waals surface area contributed by atoms with Crippen molar-refractivity contribution in [2.75, 3.05) is 21.3 Å². The highest BCUT2D eigenvalue weighted by atomic mass is 16.5. The van der Waals surface area contributed by atoms with E-state index in [-0.39, 0.29) is 0 Å². The molecule has 23 heavy (non-hydrogen) atoms. The first-order chi connectivity index (χ1) is 11.2. The topological polar surface area (TPSA) is 40.6 Å². The minimum atomic E-state index is 0.726. The third kappa shape index (κ3) is 2.57. The smallest absolute Gasteiger partial charge is 0.164 e. The van der Waals surface area contributed by atoms with E-state index in [1.54, 1.807) is 21.3 Å². The van der Waals surface area contributed by atoms with Crippen LogP contribution in [0.1, 0.15) is 5.56 Å². The van der Waals surface area contributed by atoms with Crippen LogP contribution in [-0.4, -0.2) is 26.3 Å². The summed E-state index contributed by atoms with van der Waals surface area (Å²) < 4.78 is 16.2. The van der Waals surface area contributed by atoms with Crippen LogP contribution < -0.4 is 14.2 Å². The van der Waals surface area contributed by atoms with Crippen LogP contribution in [0.25, 0.3) is 22.0 Å². The summed E-state index contributed by atoms with van der Waals surface area (Å²) >= 11 is 0. The molecule has 0 saturated carbocycles. The van der Waals surface area contributed by atoms with Gasteiger partial charge in [-0.1, -0.05) is 0 Å². The minimum absolute atomic E-state index is 0.726. The molecule has 1 heterocycles. The summed E-state index contributed by atoms with van der Waals surface area (Å²) in [6, 6.07) is 11.9. The maximum absolute atomic E-state index is 5.53. The van der Waals surface area contributed by atoms with Gasteiger partial charge in [0.25, 0.3) is 0 Å². The molecule has 0 radical (unpaired) electrons. The number of hydrogen-bond donors (Lipinski definition) is 0. The first kappa shape index (κ1) is 15.2. The zero-order chi connectivity index (χ0) is 16.4. The van der Waals surface area contributed by atoms with Crippen LogP contribution in [0.5, 0.6) is 17.2 Å². The molecule has 3 rings (SSSR count). The van der Waals surface area contributed by atoms with Gasteiger partial charge in [0.2, 0.25) is 0 Å². The number of aryl methyl sites for hydroxylation is 1. The number of nitrogens with zero attached hydrogens (tertiary/aromatic N) is 1. The molecule has 0 atom stereocenters. The van der Waals surface area contributed by atoms with Crippen LogP contribution in [0.2, 0.25) is 0 Å². The van der Waals surface area contributed by atoms with Gasteiger partial charge in [-0.25, -0.2) is 0 Å². The maximum atomic E-state index is 5.53. The molecule has 3 aromatic rings. The van der Waals surface area contributed by atoms with Crippen molar-refractivity contribution in [2.45, 2.75) is 6.92 Å². The lowest BCUT2D eigenvalue weighted by Gasteiger charge is -2.15. The third-order valence-corrected chi connectivity index (χ3v) is 4.00. The zero-order valence-corrected chi connectivity index (χ0v) is 13.7. The largest absolute Gasteiger partial charge is 0.497 e. The van der Waals surface area contributed by atoms with Gasteiger partial charge in [0.05, 0.1) is 27.0 Å². The molecule has 0 unspecified atom stereocenters. The van der Waals surface area contributed by atoms with Gasteiger partial charge >= 0.3 is 0 Å². The Morgan fingerprint density at radius 2 is 1.61 bits per heavy atom. The van der Waals surface area contributed by atoms with E-state index < -0.39 is 0 Å². The second-order valence-corrected chi connectivity index (χ2v) is 5.22. The number of fused-ring (bicyclic) bond motifs is 1. The number of benzene rings is 2. The zero-order valence-electron chi connectivity index (χ0n) is 13.7. The number of hydrogen-bond acceptors (Lipinski definition) is 4. The number of ether oxygens (including phenoxy) is 3. The van der Waals surface area contributed by atoms with Gasteiger partial charge in [0.15, 0.2) is 11.5 Å². The number of aromatic nitrogens is 1. The monoisotopic (exact) mass is 309 g/mol. The summed E-state index contributed by atoms with van der Waals surface area (Å²) in [5.41, 5.74) is 2.97. The van der Waals surface area contributed by atoms with Gasteiger partial charge in [0, 0.05) is 22.7 Å². The minimum Gasteiger partial charge on any atom is -0.497 e. The van der Waals surface area contributed by atoms with Crippen molar-refractivity contribution in [3.63, 3.8) is 0 Å². The van der Waals surface area contributed by atoms with Crippen molar-refractivity contribution in [1.29, 1.82) is 0 Å². The van der Waals surface area contributed by atoms with Crippen LogP contribution in [-0.2, 0) is 0 Å². The normalized spacial score (nSPS) is 10.6. The molecule has 0 aliphatic carbocycles. The molecule has 1 aromatic heterocycles. The Balaban J connectivity index is 2.28. The molecule has 0 aliphatic rings. The molecule has 4 nitrogen and oxygen atoms in total. The Labute approximate surface area is 135 Å². The van der Waals surface area contributed by atoms with Crippen LogP contribution in [0.4, 0.5) is 0 Å². The molecule has 0 saturated heterocycles. The van der Waals surface area contributed by atoms with Crippen molar-refractivity contribution in [2.24, 2.45) is 0 Å². The Hall–Kier alpha value is -2.75. The molecule has 0 bridgehead atoms. The van der Waals surface area contributed by atoms with Gasteiger partial charge in [-0.05, 0) is 48.7 Å². The van der Waals surface area contributed by atoms with E-state index in [1.165, 1.54) is 0 Å². The van der Waals surface area contributed by atoms with E-state index in [2.05, 4.69) is 4.98 Å². The second-order valence-electron chi connectivity index (χ2n) is 5.22. The van der Waals surface area contributed by atoms with E-state index in [0.717, 1.165) is 44.8 Å².